The summed E-state index contributed by atoms with van der Waals surface area (Å²) >= 11 is 6.21. The van der Waals surface area contributed by atoms with Crippen molar-refractivity contribution in [2.24, 2.45) is 0 Å². The number of halogens is 1. The highest BCUT2D eigenvalue weighted by Gasteiger charge is 2.31. The Bertz CT molecular complexity index is 400. The largest absolute Gasteiger partial charge is 0.313 e. The van der Waals surface area contributed by atoms with Crippen molar-refractivity contribution < 1.29 is 0 Å². The van der Waals surface area contributed by atoms with Gasteiger partial charge in [-0.2, -0.15) is 0 Å². The van der Waals surface area contributed by atoms with Crippen molar-refractivity contribution in [3.8, 4) is 0 Å². The smallest absolute Gasteiger partial charge is 0.0634 e. The Morgan fingerprint density at radius 1 is 1.39 bits per heavy atom. The summed E-state index contributed by atoms with van der Waals surface area (Å²) in [7, 11) is 0. The molecule has 0 bridgehead atoms. The minimum absolute atomic E-state index is 0.672. The van der Waals surface area contributed by atoms with Crippen molar-refractivity contribution in [2.75, 3.05) is 13.1 Å². The maximum absolute atomic E-state index is 6.21. The van der Waals surface area contributed by atoms with Crippen molar-refractivity contribution in [3.63, 3.8) is 0 Å². The molecule has 2 fully saturated rings. The Labute approximate surface area is 114 Å². The maximum Gasteiger partial charge on any atom is 0.0634 e. The highest BCUT2D eigenvalue weighted by Crippen LogP contribution is 2.30. The fraction of sp³-hybridized carbons (Fsp3) is 0.643. The zero-order valence-electron chi connectivity index (χ0n) is 10.6. The van der Waals surface area contributed by atoms with Crippen LogP contribution in [0.15, 0.2) is 18.5 Å². The second kappa shape index (κ2) is 5.55. The van der Waals surface area contributed by atoms with E-state index in [2.05, 4.69) is 15.2 Å². The average molecular weight is 266 g/mol. The topological polar surface area (TPSA) is 28.2 Å². The minimum Gasteiger partial charge on any atom is -0.313 e. The molecule has 0 unspecified atom stereocenters. The summed E-state index contributed by atoms with van der Waals surface area (Å²) < 4.78 is 0. The molecule has 98 valence electrons. The van der Waals surface area contributed by atoms with Crippen LogP contribution in [0.4, 0.5) is 0 Å². The molecule has 18 heavy (non-hydrogen) atoms. The van der Waals surface area contributed by atoms with Crippen LogP contribution >= 0.6 is 11.6 Å². The SMILES string of the molecule is Clc1cnccc1CN(C[C@H]1CCCN1)C1CC1. The lowest BCUT2D eigenvalue weighted by molar-refractivity contribution is 0.231. The Kier molecular flexibility index (Phi) is 3.83. The summed E-state index contributed by atoms with van der Waals surface area (Å²) in [4.78, 5) is 6.64. The van der Waals surface area contributed by atoms with Gasteiger partial charge in [0.2, 0.25) is 0 Å². The Balaban J connectivity index is 1.64. The lowest BCUT2D eigenvalue weighted by Gasteiger charge is -2.25. The summed E-state index contributed by atoms with van der Waals surface area (Å²) in [5.74, 6) is 0. The van der Waals surface area contributed by atoms with E-state index in [1.807, 2.05) is 12.3 Å². The maximum atomic E-state index is 6.21. The summed E-state index contributed by atoms with van der Waals surface area (Å²) in [5.41, 5.74) is 1.21. The molecule has 1 N–H and O–H groups in total. The van der Waals surface area contributed by atoms with E-state index in [4.69, 9.17) is 11.6 Å². The van der Waals surface area contributed by atoms with Crippen LogP contribution < -0.4 is 5.32 Å². The van der Waals surface area contributed by atoms with E-state index in [9.17, 15) is 0 Å². The van der Waals surface area contributed by atoms with Crippen LogP contribution in [-0.2, 0) is 6.54 Å². The van der Waals surface area contributed by atoms with Gasteiger partial charge in [-0.1, -0.05) is 11.6 Å². The molecule has 1 aromatic rings. The average Bonchev–Trinajstić information content (AvgIpc) is 3.10. The number of hydrogen-bond acceptors (Lipinski definition) is 3. The molecule has 2 heterocycles. The molecule has 0 radical (unpaired) electrons. The van der Waals surface area contributed by atoms with Crippen molar-refractivity contribution in [2.45, 2.75) is 44.3 Å². The van der Waals surface area contributed by atoms with E-state index in [-0.39, 0.29) is 0 Å². The second-order valence-electron chi connectivity index (χ2n) is 5.42. The molecule has 2 aliphatic rings. The van der Waals surface area contributed by atoms with Crippen molar-refractivity contribution in [3.05, 3.63) is 29.0 Å². The molecular formula is C14H20ClN3. The van der Waals surface area contributed by atoms with Gasteiger partial charge in [-0.05, 0) is 43.9 Å². The zero-order valence-corrected chi connectivity index (χ0v) is 11.4. The molecule has 1 aromatic heterocycles. The normalized spacial score (nSPS) is 23.8. The van der Waals surface area contributed by atoms with E-state index < -0.39 is 0 Å². The molecular weight excluding hydrogens is 246 g/mol. The van der Waals surface area contributed by atoms with Crippen LogP contribution in [0.5, 0.6) is 0 Å². The van der Waals surface area contributed by atoms with E-state index in [1.54, 1.807) is 6.20 Å². The van der Waals surface area contributed by atoms with Crippen LogP contribution in [0.2, 0.25) is 5.02 Å². The van der Waals surface area contributed by atoms with E-state index in [0.717, 1.165) is 24.2 Å². The summed E-state index contributed by atoms with van der Waals surface area (Å²) in [6.45, 7) is 3.30. The van der Waals surface area contributed by atoms with Crippen LogP contribution in [-0.4, -0.2) is 35.1 Å². The number of rotatable bonds is 5. The lowest BCUT2D eigenvalue weighted by atomic mass is 10.2. The van der Waals surface area contributed by atoms with Gasteiger partial charge in [0, 0.05) is 37.6 Å². The number of nitrogens with zero attached hydrogens (tertiary/aromatic N) is 2. The van der Waals surface area contributed by atoms with E-state index in [1.165, 1.54) is 37.8 Å². The summed E-state index contributed by atoms with van der Waals surface area (Å²) in [6.07, 6.45) is 8.90. The number of pyridine rings is 1. The summed E-state index contributed by atoms with van der Waals surface area (Å²) in [5, 5.41) is 4.38. The first kappa shape index (κ1) is 12.4. The number of aromatic nitrogens is 1. The molecule has 1 aliphatic heterocycles. The molecule has 3 rings (SSSR count). The molecule has 0 aromatic carbocycles. The standard InChI is InChI=1S/C14H20ClN3/c15-14-8-16-7-5-11(14)9-18(13-3-4-13)10-12-2-1-6-17-12/h5,7-8,12-13,17H,1-4,6,9-10H2/t12-/m1/s1. The highest BCUT2D eigenvalue weighted by atomic mass is 35.5. The molecule has 0 spiro atoms. The van der Waals surface area contributed by atoms with Crippen molar-refractivity contribution in [1.82, 2.24) is 15.2 Å². The predicted molar refractivity (Wildman–Crippen MR) is 73.7 cm³/mol. The Morgan fingerprint density at radius 3 is 2.94 bits per heavy atom. The van der Waals surface area contributed by atoms with Gasteiger partial charge in [-0.15, -0.1) is 0 Å². The highest BCUT2D eigenvalue weighted by molar-refractivity contribution is 6.31. The third-order valence-electron chi connectivity index (χ3n) is 3.91. The second-order valence-corrected chi connectivity index (χ2v) is 5.83. The zero-order chi connectivity index (χ0) is 12.4. The third kappa shape index (κ3) is 3.02. The predicted octanol–water partition coefficient (Wildman–Crippen LogP) is 2.45. The van der Waals surface area contributed by atoms with Gasteiger partial charge >= 0.3 is 0 Å². The van der Waals surface area contributed by atoms with Crippen molar-refractivity contribution >= 4 is 11.6 Å². The van der Waals surface area contributed by atoms with Crippen LogP contribution in [0, 0.1) is 0 Å². The van der Waals surface area contributed by atoms with Crippen LogP contribution in [0.3, 0.4) is 0 Å². The van der Waals surface area contributed by atoms with Gasteiger partial charge < -0.3 is 5.32 Å². The van der Waals surface area contributed by atoms with Gasteiger partial charge in [0.25, 0.3) is 0 Å². The molecule has 4 heteroatoms. The van der Waals surface area contributed by atoms with Crippen molar-refractivity contribution in [1.29, 1.82) is 0 Å². The minimum atomic E-state index is 0.672. The fourth-order valence-electron chi connectivity index (χ4n) is 2.73. The molecule has 0 amide bonds. The van der Waals surface area contributed by atoms with Gasteiger partial charge in [0.1, 0.15) is 0 Å². The molecule has 1 atom stereocenters. The van der Waals surface area contributed by atoms with Crippen LogP contribution in [0.1, 0.15) is 31.2 Å². The molecule has 1 saturated carbocycles. The molecule has 1 saturated heterocycles. The monoisotopic (exact) mass is 265 g/mol. The fourth-order valence-corrected chi connectivity index (χ4v) is 2.91. The lowest BCUT2D eigenvalue weighted by Crippen LogP contribution is -2.38. The van der Waals surface area contributed by atoms with Gasteiger partial charge in [-0.3, -0.25) is 9.88 Å². The van der Waals surface area contributed by atoms with Gasteiger partial charge in [0.05, 0.1) is 5.02 Å². The third-order valence-corrected chi connectivity index (χ3v) is 4.25. The Morgan fingerprint density at radius 2 is 2.28 bits per heavy atom. The van der Waals surface area contributed by atoms with Gasteiger partial charge in [0.15, 0.2) is 0 Å². The van der Waals surface area contributed by atoms with Gasteiger partial charge in [-0.25, -0.2) is 0 Å². The number of hydrogen-bond donors (Lipinski definition) is 1. The first-order valence-electron chi connectivity index (χ1n) is 6.89. The Hall–Kier alpha value is -0.640. The van der Waals surface area contributed by atoms with Crippen LogP contribution in [0.25, 0.3) is 0 Å². The molecule has 3 nitrogen and oxygen atoms in total. The quantitative estimate of drug-likeness (QED) is 0.887. The number of nitrogens with one attached hydrogen (secondary N) is 1. The first-order valence-corrected chi connectivity index (χ1v) is 7.26. The molecule has 1 aliphatic carbocycles. The first-order chi connectivity index (χ1) is 8.83. The summed E-state index contributed by atoms with van der Waals surface area (Å²) in [6, 6.07) is 3.49. The van der Waals surface area contributed by atoms with E-state index in [0.29, 0.717) is 6.04 Å². The van der Waals surface area contributed by atoms with E-state index >= 15 is 0 Å².